The Kier molecular flexibility index (Phi) is 4.07. The van der Waals surface area contributed by atoms with E-state index in [9.17, 15) is 0 Å². The van der Waals surface area contributed by atoms with Crippen molar-refractivity contribution >= 4 is 0 Å². The van der Waals surface area contributed by atoms with Crippen LogP contribution in [0.25, 0.3) is 0 Å². The normalized spacial score (nSPS) is 31.0. The minimum Gasteiger partial charge on any atom is -0.376 e. The first-order valence-corrected chi connectivity index (χ1v) is 5.37. The van der Waals surface area contributed by atoms with Gasteiger partial charge in [-0.25, -0.2) is 0 Å². The monoisotopic (exact) mass is 170 g/mol. The average molecular weight is 170 g/mol. The van der Waals surface area contributed by atoms with Crippen molar-refractivity contribution in [2.24, 2.45) is 5.92 Å². The molecule has 0 heterocycles. The minimum atomic E-state index is 0.410. The van der Waals surface area contributed by atoms with Gasteiger partial charge in [0.2, 0.25) is 0 Å². The summed E-state index contributed by atoms with van der Waals surface area (Å²) in [4.78, 5) is 0. The Balaban J connectivity index is 2.17. The molecule has 0 radical (unpaired) electrons. The van der Waals surface area contributed by atoms with Crippen LogP contribution in [0.4, 0.5) is 0 Å². The van der Waals surface area contributed by atoms with Crippen LogP contribution < -0.4 is 0 Å². The number of rotatable bonds is 3. The van der Waals surface area contributed by atoms with E-state index in [2.05, 4.69) is 20.8 Å². The van der Waals surface area contributed by atoms with Gasteiger partial charge in [0, 0.05) is 0 Å². The van der Waals surface area contributed by atoms with E-state index in [-0.39, 0.29) is 0 Å². The molecule has 0 atom stereocenters. The summed E-state index contributed by atoms with van der Waals surface area (Å²) in [5.74, 6) is 0.983. The summed E-state index contributed by atoms with van der Waals surface area (Å²) in [5.41, 5.74) is 0. The Morgan fingerprint density at radius 1 is 1.17 bits per heavy atom. The van der Waals surface area contributed by atoms with Gasteiger partial charge in [-0.1, -0.05) is 13.3 Å². The summed E-state index contributed by atoms with van der Waals surface area (Å²) in [5, 5.41) is 0. The van der Waals surface area contributed by atoms with Crippen LogP contribution in [0.5, 0.6) is 0 Å². The smallest absolute Gasteiger partial charge is 0.0578 e. The lowest BCUT2D eigenvalue weighted by atomic mass is 9.86. The van der Waals surface area contributed by atoms with E-state index in [1.165, 1.54) is 32.1 Å². The summed E-state index contributed by atoms with van der Waals surface area (Å²) in [6.45, 7) is 6.56. The van der Waals surface area contributed by atoms with E-state index in [1.54, 1.807) is 0 Å². The molecule has 1 aliphatic carbocycles. The van der Waals surface area contributed by atoms with Gasteiger partial charge in [-0.3, -0.25) is 0 Å². The van der Waals surface area contributed by atoms with Gasteiger partial charge in [0.15, 0.2) is 0 Å². The van der Waals surface area contributed by atoms with E-state index in [0.29, 0.717) is 12.2 Å². The van der Waals surface area contributed by atoms with Crippen molar-refractivity contribution in [3.05, 3.63) is 0 Å². The van der Waals surface area contributed by atoms with Crippen molar-refractivity contribution in [1.29, 1.82) is 0 Å². The third kappa shape index (κ3) is 3.14. The fourth-order valence-corrected chi connectivity index (χ4v) is 2.06. The SMILES string of the molecule is CC[C@H]1CC[C@H](OC(C)C)CC1. The summed E-state index contributed by atoms with van der Waals surface area (Å²) >= 11 is 0. The van der Waals surface area contributed by atoms with Crippen LogP contribution in [0.2, 0.25) is 0 Å². The van der Waals surface area contributed by atoms with Crippen molar-refractivity contribution in [3.8, 4) is 0 Å². The predicted octanol–water partition coefficient (Wildman–Crippen LogP) is 3.38. The van der Waals surface area contributed by atoms with E-state index < -0.39 is 0 Å². The molecular weight excluding hydrogens is 148 g/mol. The molecule has 0 N–H and O–H groups in total. The maximum Gasteiger partial charge on any atom is 0.0578 e. The van der Waals surface area contributed by atoms with Crippen LogP contribution in [-0.4, -0.2) is 12.2 Å². The van der Waals surface area contributed by atoms with E-state index in [0.717, 1.165) is 5.92 Å². The molecule has 1 nitrogen and oxygen atoms in total. The molecule has 1 fully saturated rings. The van der Waals surface area contributed by atoms with E-state index >= 15 is 0 Å². The third-order valence-corrected chi connectivity index (χ3v) is 2.84. The molecule has 0 aliphatic heterocycles. The van der Waals surface area contributed by atoms with Gasteiger partial charge in [0.25, 0.3) is 0 Å². The lowest BCUT2D eigenvalue weighted by Gasteiger charge is -2.29. The zero-order valence-electron chi connectivity index (χ0n) is 8.68. The Hall–Kier alpha value is -0.0400. The van der Waals surface area contributed by atoms with Crippen molar-refractivity contribution in [1.82, 2.24) is 0 Å². The molecule has 0 unspecified atom stereocenters. The van der Waals surface area contributed by atoms with Crippen LogP contribution in [0, 0.1) is 5.92 Å². The first-order chi connectivity index (χ1) is 5.72. The summed E-state index contributed by atoms with van der Waals surface area (Å²) in [6.07, 6.45) is 7.67. The van der Waals surface area contributed by atoms with Crippen LogP contribution in [0.15, 0.2) is 0 Å². The highest BCUT2D eigenvalue weighted by Crippen LogP contribution is 2.28. The van der Waals surface area contributed by atoms with Gasteiger partial charge in [-0.2, -0.15) is 0 Å². The number of hydrogen-bond acceptors (Lipinski definition) is 1. The summed E-state index contributed by atoms with van der Waals surface area (Å²) < 4.78 is 5.78. The Labute approximate surface area is 76.5 Å². The predicted molar refractivity (Wildman–Crippen MR) is 52.3 cm³/mol. The van der Waals surface area contributed by atoms with Crippen molar-refractivity contribution in [2.75, 3.05) is 0 Å². The molecule has 0 aromatic carbocycles. The zero-order chi connectivity index (χ0) is 8.97. The molecule has 72 valence electrons. The second-order valence-electron chi connectivity index (χ2n) is 4.24. The molecule has 1 aliphatic rings. The molecule has 1 rings (SSSR count). The van der Waals surface area contributed by atoms with Gasteiger partial charge in [0.1, 0.15) is 0 Å². The Bertz CT molecular complexity index is 112. The summed E-state index contributed by atoms with van der Waals surface area (Å²) in [7, 11) is 0. The maximum absolute atomic E-state index is 5.78. The maximum atomic E-state index is 5.78. The number of hydrogen-bond donors (Lipinski definition) is 0. The lowest BCUT2D eigenvalue weighted by Crippen LogP contribution is -2.24. The van der Waals surface area contributed by atoms with Gasteiger partial charge >= 0.3 is 0 Å². The van der Waals surface area contributed by atoms with Gasteiger partial charge in [-0.15, -0.1) is 0 Å². The van der Waals surface area contributed by atoms with Crippen molar-refractivity contribution in [3.63, 3.8) is 0 Å². The molecule has 0 spiro atoms. The summed E-state index contributed by atoms with van der Waals surface area (Å²) in [6, 6.07) is 0. The van der Waals surface area contributed by atoms with Gasteiger partial charge in [-0.05, 0) is 45.4 Å². The largest absolute Gasteiger partial charge is 0.376 e. The topological polar surface area (TPSA) is 9.23 Å². The zero-order valence-corrected chi connectivity index (χ0v) is 8.68. The van der Waals surface area contributed by atoms with E-state index in [4.69, 9.17) is 4.74 Å². The molecule has 12 heavy (non-hydrogen) atoms. The fourth-order valence-electron chi connectivity index (χ4n) is 2.06. The third-order valence-electron chi connectivity index (χ3n) is 2.84. The minimum absolute atomic E-state index is 0.410. The van der Waals surface area contributed by atoms with Gasteiger partial charge in [0.05, 0.1) is 12.2 Å². The van der Waals surface area contributed by atoms with Crippen molar-refractivity contribution < 1.29 is 4.74 Å². The molecule has 0 aromatic rings. The average Bonchev–Trinajstić information content (AvgIpc) is 2.05. The standard InChI is InChI=1S/C11H22O/c1-4-10-5-7-11(8-6-10)12-9(2)3/h9-11H,4-8H2,1-3H3/t10-,11-. The van der Waals surface area contributed by atoms with Crippen LogP contribution >= 0.6 is 0 Å². The second-order valence-corrected chi connectivity index (χ2v) is 4.24. The second kappa shape index (κ2) is 4.86. The van der Waals surface area contributed by atoms with Crippen LogP contribution in [-0.2, 0) is 4.74 Å². The first kappa shape index (κ1) is 10.0. The highest BCUT2D eigenvalue weighted by atomic mass is 16.5. The van der Waals surface area contributed by atoms with Crippen LogP contribution in [0.1, 0.15) is 52.9 Å². The molecule has 1 heteroatoms. The van der Waals surface area contributed by atoms with E-state index in [1.807, 2.05) is 0 Å². The fraction of sp³-hybridized carbons (Fsp3) is 1.00. The molecule has 1 saturated carbocycles. The quantitative estimate of drug-likeness (QED) is 0.631. The lowest BCUT2D eigenvalue weighted by molar-refractivity contribution is -0.0198. The van der Waals surface area contributed by atoms with Gasteiger partial charge < -0.3 is 4.74 Å². The molecule has 0 saturated heterocycles. The highest BCUT2D eigenvalue weighted by Gasteiger charge is 2.20. The van der Waals surface area contributed by atoms with Crippen LogP contribution in [0.3, 0.4) is 0 Å². The van der Waals surface area contributed by atoms with Crippen molar-refractivity contribution in [2.45, 2.75) is 65.1 Å². The molecule has 0 amide bonds. The molecular formula is C11H22O. The molecule has 0 aromatic heterocycles. The Morgan fingerprint density at radius 2 is 1.75 bits per heavy atom. The number of ether oxygens (including phenoxy) is 1. The first-order valence-electron chi connectivity index (χ1n) is 5.37. The Morgan fingerprint density at radius 3 is 2.17 bits per heavy atom. The molecule has 0 bridgehead atoms. The highest BCUT2D eigenvalue weighted by molar-refractivity contribution is 4.72.